The predicted octanol–water partition coefficient (Wildman–Crippen LogP) is 4.54. The maximum atomic E-state index is 13.2. The highest BCUT2D eigenvalue weighted by atomic mass is 32.2. The fraction of sp³-hybridized carbons (Fsp3) is 0.462. The Hall–Kier alpha value is -2.71. The Morgan fingerprint density at radius 1 is 0.971 bits per heavy atom. The molecule has 1 saturated heterocycles. The van der Waals surface area contributed by atoms with E-state index < -0.39 is 10.0 Å². The summed E-state index contributed by atoms with van der Waals surface area (Å²) in [6.07, 6.45) is 7.08. The third-order valence-corrected chi connectivity index (χ3v) is 9.34. The van der Waals surface area contributed by atoms with Crippen LogP contribution >= 0.6 is 0 Å². The normalized spacial score (nSPS) is 18.9. The third kappa shape index (κ3) is 4.49. The average molecular weight is 481 g/mol. The number of nitrogens with zero attached hydrogens (tertiary/aromatic N) is 3. The van der Waals surface area contributed by atoms with Crippen molar-refractivity contribution in [2.24, 2.45) is 0 Å². The Labute approximate surface area is 201 Å². The second kappa shape index (κ2) is 9.50. The first-order valence-corrected chi connectivity index (χ1v) is 13.7. The summed E-state index contributed by atoms with van der Waals surface area (Å²) in [7, 11) is -1.74. The second-order valence-corrected chi connectivity index (χ2v) is 11.5. The number of amides is 1. The van der Waals surface area contributed by atoms with E-state index in [0.717, 1.165) is 55.4 Å². The van der Waals surface area contributed by atoms with Gasteiger partial charge >= 0.3 is 0 Å². The summed E-state index contributed by atoms with van der Waals surface area (Å²) in [5.74, 6) is 1.11. The fourth-order valence-electron chi connectivity index (χ4n) is 5.29. The van der Waals surface area contributed by atoms with Crippen molar-refractivity contribution in [1.82, 2.24) is 19.2 Å². The number of carbonyl (C=O) groups is 1. The largest absolute Gasteiger partial charge is 0.342 e. The van der Waals surface area contributed by atoms with Gasteiger partial charge in [-0.05, 0) is 62.1 Å². The van der Waals surface area contributed by atoms with Crippen molar-refractivity contribution in [3.63, 3.8) is 0 Å². The number of fused-ring (bicyclic) bond motifs is 1. The molecule has 1 N–H and O–H groups in total. The molecule has 0 unspecified atom stereocenters. The van der Waals surface area contributed by atoms with Gasteiger partial charge in [0.05, 0.1) is 15.9 Å². The van der Waals surface area contributed by atoms with E-state index >= 15 is 0 Å². The van der Waals surface area contributed by atoms with Crippen LogP contribution in [0.1, 0.15) is 67.0 Å². The van der Waals surface area contributed by atoms with Crippen molar-refractivity contribution in [2.45, 2.75) is 61.8 Å². The minimum Gasteiger partial charge on any atom is -0.342 e. The van der Waals surface area contributed by atoms with E-state index in [0.29, 0.717) is 18.7 Å². The number of hydrogen-bond acceptors (Lipinski definition) is 4. The summed E-state index contributed by atoms with van der Waals surface area (Å²) < 4.78 is 28.0. The lowest BCUT2D eigenvalue weighted by Gasteiger charge is -2.31. The molecule has 0 atom stereocenters. The number of nitrogens with one attached hydrogen (secondary N) is 1. The zero-order valence-corrected chi connectivity index (χ0v) is 20.4. The zero-order chi connectivity index (χ0) is 23.7. The van der Waals surface area contributed by atoms with Crippen molar-refractivity contribution in [1.29, 1.82) is 0 Å². The van der Waals surface area contributed by atoms with E-state index in [9.17, 15) is 13.2 Å². The van der Waals surface area contributed by atoms with Gasteiger partial charge in [-0.2, -0.15) is 4.31 Å². The van der Waals surface area contributed by atoms with Gasteiger partial charge in [0, 0.05) is 37.7 Å². The van der Waals surface area contributed by atoms with Gasteiger partial charge in [0.25, 0.3) is 5.91 Å². The molecule has 0 bridgehead atoms. The molecule has 180 valence electrons. The number of H-pyrrole nitrogens is 1. The summed E-state index contributed by atoms with van der Waals surface area (Å²) >= 11 is 0. The fourth-order valence-corrected chi connectivity index (χ4v) is 6.76. The van der Waals surface area contributed by atoms with Crippen molar-refractivity contribution < 1.29 is 13.2 Å². The van der Waals surface area contributed by atoms with Crippen LogP contribution in [0.4, 0.5) is 0 Å². The lowest BCUT2D eigenvalue weighted by Crippen LogP contribution is -2.38. The Bertz CT molecular complexity index is 1220. The van der Waals surface area contributed by atoms with Crippen molar-refractivity contribution in [2.75, 3.05) is 20.1 Å². The minimum absolute atomic E-state index is 0.0394. The van der Waals surface area contributed by atoms with Crippen LogP contribution in [-0.4, -0.2) is 59.7 Å². The number of piperidine rings is 1. The zero-order valence-electron chi connectivity index (χ0n) is 19.6. The molecule has 8 heteroatoms. The maximum absolute atomic E-state index is 13.2. The van der Waals surface area contributed by atoms with Gasteiger partial charge in [0.2, 0.25) is 10.0 Å². The number of carbonyl (C=O) groups excluding carboxylic acids is 1. The quantitative estimate of drug-likeness (QED) is 0.581. The van der Waals surface area contributed by atoms with Crippen molar-refractivity contribution in [3.05, 3.63) is 59.9 Å². The van der Waals surface area contributed by atoms with Crippen molar-refractivity contribution >= 4 is 27.0 Å². The molecule has 1 aliphatic heterocycles. The highest BCUT2D eigenvalue weighted by molar-refractivity contribution is 7.89. The van der Waals surface area contributed by atoms with E-state index in [1.54, 1.807) is 28.6 Å². The summed E-state index contributed by atoms with van der Waals surface area (Å²) in [5, 5.41) is 0. The first-order chi connectivity index (χ1) is 16.4. The molecular weight excluding hydrogens is 448 g/mol. The highest BCUT2D eigenvalue weighted by Crippen LogP contribution is 2.31. The molecule has 7 nitrogen and oxygen atoms in total. The number of sulfonamides is 1. The lowest BCUT2D eigenvalue weighted by atomic mass is 9.94. The number of rotatable bonds is 5. The van der Waals surface area contributed by atoms with Crippen LogP contribution in [0.25, 0.3) is 11.0 Å². The Morgan fingerprint density at radius 3 is 2.32 bits per heavy atom. The third-order valence-electron chi connectivity index (χ3n) is 7.43. The van der Waals surface area contributed by atoms with Gasteiger partial charge in [-0.3, -0.25) is 4.79 Å². The van der Waals surface area contributed by atoms with Gasteiger partial charge in [-0.25, -0.2) is 13.4 Å². The van der Waals surface area contributed by atoms with Crippen LogP contribution in [0.5, 0.6) is 0 Å². The Balaban J connectivity index is 1.23. The summed E-state index contributed by atoms with van der Waals surface area (Å²) in [4.78, 5) is 23.0. The molecule has 0 radical (unpaired) electrons. The van der Waals surface area contributed by atoms with Gasteiger partial charge < -0.3 is 9.88 Å². The summed E-state index contributed by atoms with van der Waals surface area (Å²) in [5.41, 5.74) is 2.49. The van der Waals surface area contributed by atoms with Gasteiger partial charge in [-0.1, -0.05) is 31.4 Å². The molecule has 1 amide bonds. The van der Waals surface area contributed by atoms with Crippen LogP contribution in [-0.2, 0) is 10.0 Å². The van der Waals surface area contributed by atoms with E-state index in [4.69, 9.17) is 4.98 Å². The molecule has 2 fully saturated rings. The van der Waals surface area contributed by atoms with Gasteiger partial charge in [0.15, 0.2) is 0 Å². The number of imidazole rings is 1. The van der Waals surface area contributed by atoms with Crippen LogP contribution in [0.15, 0.2) is 53.4 Å². The average Bonchev–Trinajstić information content (AvgIpc) is 3.33. The smallest absolute Gasteiger partial charge is 0.253 e. The van der Waals surface area contributed by atoms with Crippen LogP contribution in [0.3, 0.4) is 0 Å². The molecule has 1 aromatic heterocycles. The molecular formula is C26H32N4O3S. The number of aromatic nitrogens is 2. The van der Waals surface area contributed by atoms with E-state index in [-0.39, 0.29) is 22.8 Å². The SMILES string of the molecule is CN(C(=O)c1ccc(S(=O)(=O)N2CCC(c3nc4ccccc4[nH]3)CC2)cc1)C1CCCCC1. The lowest BCUT2D eigenvalue weighted by molar-refractivity contribution is 0.0696. The van der Waals surface area contributed by atoms with Crippen molar-refractivity contribution in [3.8, 4) is 0 Å². The molecule has 5 rings (SSSR count). The molecule has 2 heterocycles. The first-order valence-electron chi connectivity index (χ1n) is 12.3. The Morgan fingerprint density at radius 2 is 1.65 bits per heavy atom. The Kier molecular flexibility index (Phi) is 6.44. The summed E-state index contributed by atoms with van der Waals surface area (Å²) in [6, 6.07) is 14.7. The molecule has 0 spiro atoms. The highest BCUT2D eigenvalue weighted by Gasteiger charge is 2.31. The van der Waals surface area contributed by atoms with E-state index in [2.05, 4.69) is 4.98 Å². The minimum atomic E-state index is -3.60. The standard InChI is InChI=1S/C26H32N4O3S/c1-29(21-7-3-2-4-8-21)26(31)20-11-13-22(14-12-20)34(32,33)30-17-15-19(16-18-30)25-27-23-9-5-6-10-24(23)28-25/h5-6,9-14,19,21H,2-4,7-8,15-18H2,1H3,(H,27,28). The van der Waals surface area contributed by atoms with Gasteiger partial charge in [0.1, 0.15) is 5.82 Å². The number of aromatic amines is 1. The predicted molar refractivity (Wildman–Crippen MR) is 132 cm³/mol. The number of hydrogen-bond donors (Lipinski definition) is 1. The van der Waals surface area contributed by atoms with Crippen LogP contribution in [0.2, 0.25) is 0 Å². The second-order valence-electron chi connectivity index (χ2n) is 9.55. The molecule has 3 aromatic rings. The number of benzene rings is 2. The topological polar surface area (TPSA) is 86.4 Å². The molecule has 1 aliphatic carbocycles. The van der Waals surface area contributed by atoms with E-state index in [1.165, 1.54) is 6.42 Å². The van der Waals surface area contributed by atoms with Crippen LogP contribution < -0.4 is 0 Å². The van der Waals surface area contributed by atoms with Crippen LogP contribution in [0, 0.1) is 0 Å². The monoisotopic (exact) mass is 480 g/mol. The maximum Gasteiger partial charge on any atom is 0.253 e. The van der Waals surface area contributed by atoms with E-state index in [1.807, 2.05) is 36.2 Å². The number of para-hydroxylation sites is 2. The first kappa shape index (κ1) is 23.1. The molecule has 2 aliphatic rings. The summed E-state index contributed by atoms with van der Waals surface area (Å²) in [6.45, 7) is 0.907. The molecule has 2 aromatic carbocycles. The molecule has 34 heavy (non-hydrogen) atoms. The molecule has 1 saturated carbocycles. The van der Waals surface area contributed by atoms with Gasteiger partial charge in [-0.15, -0.1) is 0 Å².